The lowest BCUT2D eigenvalue weighted by atomic mass is 10.1. The maximum Gasteiger partial charge on any atom is 0.0743 e. The van der Waals surface area contributed by atoms with Gasteiger partial charge in [0.25, 0.3) is 0 Å². The van der Waals surface area contributed by atoms with E-state index in [4.69, 9.17) is 18.0 Å². The van der Waals surface area contributed by atoms with Crippen LogP contribution in [-0.2, 0) is 0 Å². The van der Waals surface area contributed by atoms with E-state index in [2.05, 4.69) is 25.8 Å². The van der Waals surface area contributed by atoms with Crippen LogP contribution in [0.15, 0.2) is 0 Å². The number of hydrogen-bond donors (Lipinski definition) is 1. The molecule has 3 heteroatoms. The molecule has 0 aromatic heterocycles. The van der Waals surface area contributed by atoms with Crippen LogP contribution >= 0.6 is 12.2 Å². The molecule has 0 aliphatic heterocycles. The highest BCUT2D eigenvalue weighted by atomic mass is 32.1. The Labute approximate surface area is 92.8 Å². The summed E-state index contributed by atoms with van der Waals surface area (Å²) in [5.74, 6) is 0.917. The molecular weight excluding hydrogens is 192 g/mol. The molecule has 0 heterocycles. The Balaban J connectivity index is 2.44. The van der Waals surface area contributed by atoms with Gasteiger partial charge in [-0.3, -0.25) is 0 Å². The summed E-state index contributed by atoms with van der Waals surface area (Å²) >= 11 is 4.98. The average Bonchev–Trinajstić information content (AvgIpc) is 2.94. The third kappa shape index (κ3) is 3.21. The van der Waals surface area contributed by atoms with E-state index in [0.717, 1.165) is 18.8 Å². The molecule has 14 heavy (non-hydrogen) atoms. The summed E-state index contributed by atoms with van der Waals surface area (Å²) in [5.41, 5.74) is 5.60. The highest BCUT2D eigenvalue weighted by Crippen LogP contribution is 2.35. The van der Waals surface area contributed by atoms with E-state index in [9.17, 15) is 0 Å². The molecule has 1 aliphatic carbocycles. The first-order chi connectivity index (χ1) is 6.56. The number of hydrogen-bond acceptors (Lipinski definition) is 2. The van der Waals surface area contributed by atoms with Crippen molar-refractivity contribution in [3.05, 3.63) is 0 Å². The van der Waals surface area contributed by atoms with E-state index in [0.29, 0.717) is 17.1 Å². The Morgan fingerprint density at radius 2 is 2.14 bits per heavy atom. The summed E-state index contributed by atoms with van der Waals surface area (Å²) in [6.45, 7) is 4.53. The molecule has 0 aromatic rings. The Bertz CT molecular complexity index is 201. The second-order valence-corrected chi connectivity index (χ2v) is 5.00. The van der Waals surface area contributed by atoms with Gasteiger partial charge >= 0.3 is 0 Å². The second-order valence-electron chi connectivity index (χ2n) is 4.48. The summed E-state index contributed by atoms with van der Waals surface area (Å²) in [7, 11) is 2.20. The predicted molar refractivity (Wildman–Crippen MR) is 65.4 cm³/mol. The van der Waals surface area contributed by atoms with E-state index in [1.165, 1.54) is 12.8 Å². The van der Waals surface area contributed by atoms with Gasteiger partial charge in [0.05, 0.1) is 4.99 Å². The van der Waals surface area contributed by atoms with Crippen molar-refractivity contribution in [2.45, 2.75) is 51.6 Å². The fourth-order valence-corrected chi connectivity index (χ4v) is 2.24. The Hall–Kier alpha value is -0.150. The summed E-state index contributed by atoms with van der Waals surface area (Å²) in [5, 5.41) is 0. The molecule has 1 aliphatic rings. The van der Waals surface area contributed by atoms with Gasteiger partial charge in [0.15, 0.2) is 0 Å². The van der Waals surface area contributed by atoms with Crippen molar-refractivity contribution in [3.63, 3.8) is 0 Å². The lowest BCUT2D eigenvalue weighted by molar-refractivity contribution is 0.166. The van der Waals surface area contributed by atoms with Gasteiger partial charge in [-0.05, 0) is 39.2 Å². The quantitative estimate of drug-likeness (QED) is 0.687. The number of nitrogens with zero attached hydrogens (tertiary/aromatic N) is 1. The molecule has 0 radical (unpaired) electrons. The highest BCUT2D eigenvalue weighted by molar-refractivity contribution is 7.80. The Morgan fingerprint density at radius 1 is 1.57 bits per heavy atom. The van der Waals surface area contributed by atoms with Crippen LogP contribution in [0.25, 0.3) is 0 Å². The largest absolute Gasteiger partial charge is 0.393 e. The third-order valence-corrected chi connectivity index (χ3v) is 3.60. The molecular formula is C11H22N2S. The van der Waals surface area contributed by atoms with Gasteiger partial charge in [0.2, 0.25) is 0 Å². The lowest BCUT2D eigenvalue weighted by Gasteiger charge is -2.32. The van der Waals surface area contributed by atoms with Crippen LogP contribution in [0.3, 0.4) is 0 Å². The zero-order valence-corrected chi connectivity index (χ0v) is 10.3. The van der Waals surface area contributed by atoms with Gasteiger partial charge in [0, 0.05) is 18.5 Å². The first kappa shape index (κ1) is 11.9. The summed E-state index contributed by atoms with van der Waals surface area (Å²) in [6.07, 6.45) is 4.79. The molecule has 1 rings (SSSR count). The standard InChI is InChI=1S/C11H22N2S/c1-4-10(7-11(12)14)13(3)8(2)9-5-6-9/h8-10H,4-7H2,1-3H3,(H2,12,14). The van der Waals surface area contributed by atoms with E-state index in [1.54, 1.807) is 0 Å². The van der Waals surface area contributed by atoms with Gasteiger partial charge in [-0.25, -0.2) is 0 Å². The predicted octanol–water partition coefficient (Wildman–Crippen LogP) is 2.17. The SMILES string of the molecule is CCC(CC(N)=S)N(C)C(C)C1CC1. The van der Waals surface area contributed by atoms with E-state index in [-0.39, 0.29) is 0 Å². The zero-order chi connectivity index (χ0) is 10.7. The smallest absolute Gasteiger partial charge is 0.0743 e. The monoisotopic (exact) mass is 214 g/mol. The van der Waals surface area contributed by atoms with Crippen molar-refractivity contribution in [2.24, 2.45) is 11.7 Å². The van der Waals surface area contributed by atoms with E-state index >= 15 is 0 Å². The number of nitrogens with two attached hydrogens (primary N) is 1. The fourth-order valence-electron chi connectivity index (χ4n) is 2.05. The van der Waals surface area contributed by atoms with E-state index < -0.39 is 0 Å². The van der Waals surface area contributed by atoms with Crippen LogP contribution in [0, 0.1) is 5.92 Å². The molecule has 2 atom stereocenters. The minimum Gasteiger partial charge on any atom is -0.393 e. The topological polar surface area (TPSA) is 29.3 Å². The van der Waals surface area contributed by atoms with Crippen molar-refractivity contribution in [3.8, 4) is 0 Å². The van der Waals surface area contributed by atoms with Gasteiger partial charge in [-0.2, -0.15) is 0 Å². The molecule has 82 valence electrons. The van der Waals surface area contributed by atoms with Crippen LogP contribution < -0.4 is 5.73 Å². The molecule has 2 N–H and O–H groups in total. The maximum atomic E-state index is 5.60. The van der Waals surface area contributed by atoms with Crippen molar-refractivity contribution >= 4 is 17.2 Å². The van der Waals surface area contributed by atoms with Gasteiger partial charge in [-0.15, -0.1) is 0 Å². The molecule has 0 bridgehead atoms. The normalized spacial score (nSPS) is 20.9. The van der Waals surface area contributed by atoms with Crippen molar-refractivity contribution in [1.82, 2.24) is 4.90 Å². The van der Waals surface area contributed by atoms with E-state index in [1.807, 2.05) is 0 Å². The van der Waals surface area contributed by atoms with Crippen LogP contribution in [-0.4, -0.2) is 29.0 Å². The zero-order valence-electron chi connectivity index (χ0n) is 9.49. The van der Waals surface area contributed by atoms with Crippen molar-refractivity contribution in [2.75, 3.05) is 7.05 Å². The summed E-state index contributed by atoms with van der Waals surface area (Å²) in [4.78, 5) is 3.10. The first-order valence-electron chi connectivity index (χ1n) is 5.56. The molecule has 0 amide bonds. The van der Waals surface area contributed by atoms with Crippen molar-refractivity contribution < 1.29 is 0 Å². The minimum absolute atomic E-state index is 0.531. The Kier molecular flexibility index (Phi) is 4.32. The molecule has 0 saturated heterocycles. The first-order valence-corrected chi connectivity index (χ1v) is 5.97. The molecule has 1 fully saturated rings. The minimum atomic E-state index is 0.531. The highest BCUT2D eigenvalue weighted by Gasteiger charge is 2.32. The average molecular weight is 214 g/mol. The number of thiocarbonyl (C=S) groups is 1. The van der Waals surface area contributed by atoms with Gasteiger partial charge < -0.3 is 10.6 Å². The molecule has 2 nitrogen and oxygen atoms in total. The summed E-state index contributed by atoms with van der Waals surface area (Å²) < 4.78 is 0. The van der Waals surface area contributed by atoms with Crippen LogP contribution in [0.2, 0.25) is 0 Å². The summed E-state index contributed by atoms with van der Waals surface area (Å²) in [6, 6.07) is 1.22. The van der Waals surface area contributed by atoms with Crippen LogP contribution in [0.1, 0.15) is 39.5 Å². The maximum absolute atomic E-state index is 5.60. The van der Waals surface area contributed by atoms with Crippen LogP contribution in [0.5, 0.6) is 0 Å². The van der Waals surface area contributed by atoms with Crippen molar-refractivity contribution in [1.29, 1.82) is 0 Å². The number of rotatable bonds is 6. The second kappa shape index (κ2) is 5.08. The Morgan fingerprint density at radius 3 is 2.50 bits per heavy atom. The fraction of sp³-hybridized carbons (Fsp3) is 0.909. The van der Waals surface area contributed by atoms with Gasteiger partial charge in [0.1, 0.15) is 0 Å². The molecule has 0 aromatic carbocycles. The van der Waals surface area contributed by atoms with Crippen LogP contribution in [0.4, 0.5) is 0 Å². The third-order valence-electron chi connectivity index (χ3n) is 3.43. The molecule has 0 spiro atoms. The molecule has 1 saturated carbocycles. The molecule has 2 unspecified atom stereocenters. The lowest BCUT2D eigenvalue weighted by Crippen LogP contribution is -2.41. The van der Waals surface area contributed by atoms with Gasteiger partial charge in [-0.1, -0.05) is 19.1 Å².